The molecule has 0 aliphatic rings. The second-order valence-electron chi connectivity index (χ2n) is 1.01. The largest absolute Gasteiger partial charge is 1.00 e. The van der Waals surface area contributed by atoms with Crippen LogP contribution in [0.25, 0.3) is 0 Å². The molecule has 0 bridgehead atoms. The first kappa shape index (κ1) is 15.8. The van der Waals surface area contributed by atoms with Crippen molar-refractivity contribution in [2.75, 3.05) is 0 Å². The van der Waals surface area contributed by atoms with E-state index >= 15 is 0 Å². The third-order valence-corrected chi connectivity index (χ3v) is 0.357. The van der Waals surface area contributed by atoms with E-state index in [-0.39, 0.29) is 35.8 Å². The van der Waals surface area contributed by atoms with Crippen LogP contribution in [0.1, 0.15) is 6.92 Å². The van der Waals surface area contributed by atoms with Gasteiger partial charge in [0.25, 0.3) is 0 Å². The molecule has 0 saturated carbocycles. The number of carboxylic acids is 1. The second-order valence-corrected chi connectivity index (χ2v) is 1.01. The number of aliphatic carboxylic acids is 1. The van der Waals surface area contributed by atoms with Gasteiger partial charge in [0.05, 0.1) is 0 Å². The Hall–Kier alpha value is 0.507. The van der Waals surface area contributed by atoms with Crippen LogP contribution >= 0.6 is 0 Å². The molecule has 3 nitrogen and oxygen atoms in total. The minimum atomic E-state index is -1.23. The zero-order valence-electron chi connectivity index (χ0n) is 4.76. The Bertz CT molecular complexity index is 65.5. The van der Waals surface area contributed by atoms with Gasteiger partial charge in [-0.3, -0.25) is 0 Å². The summed E-state index contributed by atoms with van der Waals surface area (Å²) in [4.78, 5) is 9.45. The average Bonchev–Trinajstić information content (AvgIpc) is 1.36. The van der Waals surface area contributed by atoms with Crippen molar-refractivity contribution in [3.63, 3.8) is 0 Å². The van der Waals surface area contributed by atoms with Crippen LogP contribution in [0.2, 0.25) is 0 Å². The van der Waals surface area contributed by atoms with Crippen LogP contribution in [-0.2, 0) is 4.79 Å². The normalized spacial score (nSPS) is 10.2. The predicted molar refractivity (Wildman–Crippen MR) is 19.3 cm³/mol. The Morgan fingerprint density at radius 2 is 1.75 bits per heavy atom. The number of aliphatic hydroxyl groups is 1. The van der Waals surface area contributed by atoms with Gasteiger partial charge in [0.1, 0.15) is 6.10 Å². The number of hydrogen-bond donors (Lipinski definition) is 2. The molecular weight excluding hydrogens is 171 g/mol. The summed E-state index contributed by atoms with van der Waals surface area (Å²) < 4.78 is 0. The van der Waals surface area contributed by atoms with Crippen molar-refractivity contribution in [3.8, 4) is 0 Å². The van der Waals surface area contributed by atoms with E-state index in [1.165, 1.54) is 6.92 Å². The maximum atomic E-state index is 9.45. The summed E-state index contributed by atoms with van der Waals surface area (Å²) in [7, 11) is 0. The molecule has 44 valence electrons. The SMILES string of the molecule is CC(O)C(=O)O.[Br-].[Li+]. The fourth-order valence-electron chi connectivity index (χ4n) is 0. The Morgan fingerprint density at radius 3 is 1.75 bits per heavy atom. The first-order valence-electron chi connectivity index (χ1n) is 1.55. The van der Waals surface area contributed by atoms with Crippen LogP contribution in [0, 0.1) is 0 Å². The third-order valence-electron chi connectivity index (χ3n) is 0.357. The van der Waals surface area contributed by atoms with Crippen LogP contribution in [0.4, 0.5) is 0 Å². The molecular formula is C3H6BrLiO3. The summed E-state index contributed by atoms with van der Waals surface area (Å²) >= 11 is 0. The Morgan fingerprint density at radius 1 is 1.62 bits per heavy atom. The van der Waals surface area contributed by atoms with E-state index < -0.39 is 12.1 Å². The topological polar surface area (TPSA) is 57.5 Å². The number of rotatable bonds is 1. The first-order chi connectivity index (χ1) is 2.64. The summed E-state index contributed by atoms with van der Waals surface area (Å²) in [6, 6.07) is 0. The van der Waals surface area contributed by atoms with Gasteiger partial charge in [-0.05, 0) is 6.92 Å². The fourth-order valence-corrected chi connectivity index (χ4v) is 0. The summed E-state index contributed by atoms with van der Waals surface area (Å²) in [5.74, 6) is -1.19. The smallest absolute Gasteiger partial charge is 1.00 e. The van der Waals surface area contributed by atoms with Crippen LogP contribution < -0.4 is 35.8 Å². The molecule has 0 aromatic heterocycles. The van der Waals surface area contributed by atoms with Gasteiger partial charge < -0.3 is 27.2 Å². The zero-order chi connectivity index (χ0) is 5.15. The minimum Gasteiger partial charge on any atom is -1.00 e. The molecule has 0 saturated heterocycles. The molecule has 0 heterocycles. The monoisotopic (exact) mass is 176 g/mol. The molecule has 0 spiro atoms. The van der Waals surface area contributed by atoms with E-state index in [2.05, 4.69) is 0 Å². The van der Waals surface area contributed by atoms with Crippen molar-refractivity contribution in [1.29, 1.82) is 0 Å². The predicted octanol–water partition coefficient (Wildman–Crippen LogP) is -6.54. The van der Waals surface area contributed by atoms with E-state index in [0.29, 0.717) is 0 Å². The number of halogens is 1. The molecule has 0 aromatic rings. The van der Waals surface area contributed by atoms with E-state index in [9.17, 15) is 4.79 Å². The van der Waals surface area contributed by atoms with Gasteiger partial charge >= 0.3 is 24.8 Å². The van der Waals surface area contributed by atoms with Crippen molar-refractivity contribution >= 4 is 5.97 Å². The minimum absolute atomic E-state index is 0. The number of carbonyl (C=O) groups is 1. The van der Waals surface area contributed by atoms with Gasteiger partial charge in [-0.2, -0.15) is 0 Å². The Kier molecular flexibility index (Phi) is 14.8. The Balaban J connectivity index is -0.000000125. The number of hydrogen-bond acceptors (Lipinski definition) is 2. The van der Waals surface area contributed by atoms with Gasteiger partial charge in [-0.25, -0.2) is 4.79 Å². The summed E-state index contributed by atoms with van der Waals surface area (Å²) in [5, 5.41) is 15.8. The van der Waals surface area contributed by atoms with Gasteiger partial charge in [0, 0.05) is 0 Å². The van der Waals surface area contributed by atoms with Gasteiger partial charge in [-0.1, -0.05) is 0 Å². The molecule has 2 N–H and O–H groups in total. The molecule has 0 aromatic carbocycles. The van der Waals surface area contributed by atoms with Gasteiger partial charge in [0.2, 0.25) is 0 Å². The fraction of sp³-hybridized carbons (Fsp3) is 0.667. The summed E-state index contributed by atoms with van der Waals surface area (Å²) in [5.41, 5.74) is 0. The molecule has 0 fully saturated rings. The van der Waals surface area contributed by atoms with E-state index in [0.717, 1.165) is 0 Å². The molecule has 8 heavy (non-hydrogen) atoms. The second kappa shape index (κ2) is 7.51. The number of carboxylic acid groups (broad SMARTS) is 1. The Labute approximate surface area is 70.0 Å². The van der Waals surface area contributed by atoms with Crippen LogP contribution in [0.15, 0.2) is 0 Å². The molecule has 0 amide bonds. The maximum Gasteiger partial charge on any atom is 1.00 e. The number of aliphatic hydroxyl groups excluding tert-OH is 1. The van der Waals surface area contributed by atoms with Crippen molar-refractivity contribution in [2.24, 2.45) is 0 Å². The summed E-state index contributed by atoms with van der Waals surface area (Å²) in [6.45, 7) is 1.20. The van der Waals surface area contributed by atoms with Crippen molar-refractivity contribution in [3.05, 3.63) is 0 Å². The molecule has 1 unspecified atom stereocenters. The maximum absolute atomic E-state index is 9.45. The molecule has 0 aliphatic heterocycles. The zero-order valence-corrected chi connectivity index (χ0v) is 6.34. The van der Waals surface area contributed by atoms with E-state index in [4.69, 9.17) is 10.2 Å². The molecule has 1 atom stereocenters. The van der Waals surface area contributed by atoms with Crippen molar-refractivity contribution < 1.29 is 50.8 Å². The van der Waals surface area contributed by atoms with Crippen LogP contribution in [-0.4, -0.2) is 22.3 Å². The van der Waals surface area contributed by atoms with E-state index in [1.54, 1.807) is 0 Å². The van der Waals surface area contributed by atoms with Crippen molar-refractivity contribution in [1.82, 2.24) is 0 Å². The molecule has 0 radical (unpaired) electrons. The quantitative estimate of drug-likeness (QED) is 0.391. The average molecular weight is 177 g/mol. The van der Waals surface area contributed by atoms with E-state index in [1.807, 2.05) is 0 Å². The summed E-state index contributed by atoms with van der Waals surface area (Å²) in [6.07, 6.45) is -1.23. The van der Waals surface area contributed by atoms with Crippen molar-refractivity contribution in [2.45, 2.75) is 13.0 Å². The third kappa shape index (κ3) is 9.72. The molecule has 0 rings (SSSR count). The molecule has 5 heteroatoms. The van der Waals surface area contributed by atoms with Crippen LogP contribution in [0.3, 0.4) is 0 Å². The van der Waals surface area contributed by atoms with Gasteiger partial charge in [0.15, 0.2) is 0 Å². The standard InChI is InChI=1S/C3H6O3.BrH.Li/c1-2(4)3(5)6;;/h2,4H,1H3,(H,5,6);1H;/q;;+1/p-1. The molecule has 0 aliphatic carbocycles. The first-order valence-corrected chi connectivity index (χ1v) is 1.55. The van der Waals surface area contributed by atoms with Gasteiger partial charge in [-0.15, -0.1) is 0 Å². The van der Waals surface area contributed by atoms with Crippen LogP contribution in [0.5, 0.6) is 0 Å².